The molecule has 0 bridgehead atoms. The van der Waals surface area contributed by atoms with Gasteiger partial charge in [0.2, 0.25) is 0 Å². The van der Waals surface area contributed by atoms with Crippen LogP contribution >= 0.6 is 11.3 Å². The number of piperidine rings is 1. The number of rotatable bonds is 5. The number of thiophene rings is 1. The van der Waals surface area contributed by atoms with Gasteiger partial charge in [0.05, 0.1) is 15.9 Å². The van der Waals surface area contributed by atoms with Crippen LogP contribution in [0.25, 0.3) is 20.7 Å². The van der Waals surface area contributed by atoms with Crippen molar-refractivity contribution in [3.8, 4) is 16.2 Å². The van der Waals surface area contributed by atoms with Crippen molar-refractivity contribution in [3.63, 3.8) is 0 Å². The number of nitrogens with zero attached hydrogens (tertiary/aromatic N) is 2. The molecule has 4 aromatic rings. The zero-order valence-electron chi connectivity index (χ0n) is 16.8. The normalized spacial score (nSPS) is 14.8. The van der Waals surface area contributed by atoms with Crippen LogP contribution in [0.5, 0.6) is 5.75 Å². The second kappa shape index (κ2) is 8.46. The average molecular weight is 416 g/mol. The molecular weight excluding hydrogens is 390 g/mol. The molecule has 30 heavy (non-hydrogen) atoms. The Kier molecular flexibility index (Phi) is 5.39. The fraction of sp³-hybridized carbons (Fsp3) is 0.240. The number of likely N-dealkylation sites (tertiary alicyclic amines) is 1. The maximum absolute atomic E-state index is 9.75. The van der Waals surface area contributed by atoms with E-state index < -0.39 is 0 Å². The number of pyridine rings is 1. The third kappa shape index (κ3) is 4.18. The number of anilines is 2. The molecule has 2 aromatic heterocycles. The largest absolute Gasteiger partial charge is 0.508 e. The van der Waals surface area contributed by atoms with Crippen molar-refractivity contribution in [2.75, 3.05) is 18.4 Å². The van der Waals surface area contributed by atoms with Gasteiger partial charge < -0.3 is 10.4 Å². The molecule has 1 fully saturated rings. The summed E-state index contributed by atoms with van der Waals surface area (Å²) in [5, 5.41) is 13.2. The first-order chi connectivity index (χ1) is 14.7. The lowest BCUT2D eigenvalue weighted by atomic mass is 10.1. The van der Waals surface area contributed by atoms with E-state index in [1.807, 2.05) is 24.4 Å². The minimum Gasteiger partial charge on any atom is -0.508 e. The zero-order valence-corrected chi connectivity index (χ0v) is 17.7. The summed E-state index contributed by atoms with van der Waals surface area (Å²) in [6, 6.07) is 20.3. The summed E-state index contributed by atoms with van der Waals surface area (Å²) in [6.07, 6.45) is 5.83. The molecular formula is C25H25N3OS. The third-order valence-electron chi connectivity index (χ3n) is 5.60. The van der Waals surface area contributed by atoms with Crippen molar-refractivity contribution in [1.29, 1.82) is 0 Å². The molecule has 0 saturated carbocycles. The fourth-order valence-electron chi connectivity index (χ4n) is 4.12. The highest BCUT2D eigenvalue weighted by Gasteiger charge is 2.13. The minimum atomic E-state index is 0.252. The van der Waals surface area contributed by atoms with Gasteiger partial charge >= 0.3 is 0 Å². The van der Waals surface area contributed by atoms with Crippen LogP contribution in [0.15, 0.2) is 66.9 Å². The van der Waals surface area contributed by atoms with E-state index >= 15 is 0 Å². The van der Waals surface area contributed by atoms with E-state index in [1.165, 1.54) is 48.4 Å². The average Bonchev–Trinajstić information content (AvgIpc) is 3.20. The molecule has 0 unspecified atom stereocenters. The van der Waals surface area contributed by atoms with Gasteiger partial charge in [0.15, 0.2) is 0 Å². The number of phenolic OH excluding ortho intramolecular Hbond substituents is 1. The van der Waals surface area contributed by atoms with Crippen molar-refractivity contribution in [1.82, 2.24) is 9.88 Å². The molecule has 1 saturated heterocycles. The van der Waals surface area contributed by atoms with Crippen LogP contribution in [0, 0.1) is 0 Å². The van der Waals surface area contributed by atoms with E-state index in [0.29, 0.717) is 0 Å². The number of hydrogen-bond donors (Lipinski definition) is 2. The van der Waals surface area contributed by atoms with Gasteiger partial charge in [-0.05, 0) is 67.4 Å². The Labute approximate surface area is 180 Å². The zero-order chi connectivity index (χ0) is 20.3. The number of phenols is 1. The topological polar surface area (TPSA) is 48.4 Å². The lowest BCUT2D eigenvalue weighted by Crippen LogP contribution is -2.29. The molecule has 2 N–H and O–H groups in total. The summed E-state index contributed by atoms with van der Waals surface area (Å²) in [5.74, 6) is 0.252. The van der Waals surface area contributed by atoms with Crippen LogP contribution in [0.1, 0.15) is 24.8 Å². The van der Waals surface area contributed by atoms with E-state index in [0.717, 1.165) is 28.1 Å². The monoisotopic (exact) mass is 415 g/mol. The summed E-state index contributed by atoms with van der Waals surface area (Å²) < 4.78 is 1.12. The molecule has 0 amide bonds. The van der Waals surface area contributed by atoms with Crippen molar-refractivity contribution < 1.29 is 5.11 Å². The number of fused-ring (bicyclic) bond motifs is 1. The number of hydrogen-bond acceptors (Lipinski definition) is 5. The van der Waals surface area contributed by atoms with Crippen LogP contribution in [-0.4, -0.2) is 28.1 Å². The summed E-state index contributed by atoms with van der Waals surface area (Å²) in [4.78, 5) is 8.36. The molecule has 3 heterocycles. The quantitative estimate of drug-likeness (QED) is 0.396. The molecule has 2 aromatic carbocycles. The molecule has 0 atom stereocenters. The highest BCUT2D eigenvalue weighted by molar-refractivity contribution is 7.22. The second-order valence-corrected chi connectivity index (χ2v) is 8.95. The summed E-state index contributed by atoms with van der Waals surface area (Å²) in [7, 11) is 0. The van der Waals surface area contributed by atoms with Crippen molar-refractivity contribution in [2.45, 2.75) is 25.8 Å². The summed E-state index contributed by atoms with van der Waals surface area (Å²) in [5.41, 5.74) is 5.47. The fourth-order valence-corrected chi connectivity index (χ4v) is 5.20. The molecule has 1 aliphatic heterocycles. The predicted octanol–water partition coefficient (Wildman–Crippen LogP) is 6.40. The Morgan fingerprint density at radius 2 is 1.83 bits per heavy atom. The molecule has 0 radical (unpaired) electrons. The lowest BCUT2D eigenvalue weighted by molar-refractivity contribution is 0.221. The smallest absolute Gasteiger partial charge is 0.117 e. The van der Waals surface area contributed by atoms with Gasteiger partial charge in [0, 0.05) is 29.4 Å². The third-order valence-corrected chi connectivity index (χ3v) is 6.81. The van der Waals surface area contributed by atoms with E-state index in [2.05, 4.69) is 45.5 Å². The first-order valence-corrected chi connectivity index (χ1v) is 11.3. The molecule has 0 spiro atoms. The van der Waals surface area contributed by atoms with Gasteiger partial charge in [0.25, 0.3) is 0 Å². The van der Waals surface area contributed by atoms with Gasteiger partial charge in [-0.15, -0.1) is 11.3 Å². The van der Waals surface area contributed by atoms with Crippen LogP contribution in [0.3, 0.4) is 0 Å². The van der Waals surface area contributed by atoms with Gasteiger partial charge in [-0.2, -0.15) is 0 Å². The number of benzene rings is 2. The Hall–Kier alpha value is -2.89. The van der Waals surface area contributed by atoms with Gasteiger partial charge in [-0.25, -0.2) is 0 Å². The van der Waals surface area contributed by atoms with Gasteiger partial charge in [-0.3, -0.25) is 9.88 Å². The predicted molar refractivity (Wildman–Crippen MR) is 126 cm³/mol. The van der Waals surface area contributed by atoms with Gasteiger partial charge in [-0.1, -0.05) is 30.7 Å². The second-order valence-electron chi connectivity index (χ2n) is 7.90. The Bertz CT molecular complexity index is 1160. The highest BCUT2D eigenvalue weighted by Crippen LogP contribution is 2.38. The Morgan fingerprint density at radius 3 is 2.70 bits per heavy atom. The van der Waals surface area contributed by atoms with Crippen molar-refractivity contribution in [2.24, 2.45) is 0 Å². The van der Waals surface area contributed by atoms with Crippen LogP contribution in [-0.2, 0) is 6.54 Å². The first-order valence-electron chi connectivity index (χ1n) is 10.5. The number of nitrogens with one attached hydrogen (secondary N) is 1. The standard InChI is InChI=1S/C25H25N3OS/c29-21-9-5-8-20(15-21)27-22-10-11-26-23-16-24(30-25(22)23)19-7-4-6-18(14-19)17-28-12-2-1-3-13-28/h4-11,14-16,29H,1-3,12-13,17H2,(H,26,27). The van der Waals surface area contributed by atoms with E-state index in [1.54, 1.807) is 23.5 Å². The lowest BCUT2D eigenvalue weighted by Gasteiger charge is -2.26. The van der Waals surface area contributed by atoms with Crippen molar-refractivity contribution in [3.05, 3.63) is 72.4 Å². The number of aromatic hydroxyl groups is 1. The van der Waals surface area contributed by atoms with E-state index in [9.17, 15) is 5.11 Å². The van der Waals surface area contributed by atoms with Crippen LogP contribution in [0.4, 0.5) is 11.4 Å². The van der Waals surface area contributed by atoms with E-state index in [-0.39, 0.29) is 5.75 Å². The van der Waals surface area contributed by atoms with Crippen LogP contribution in [0.2, 0.25) is 0 Å². The summed E-state index contributed by atoms with van der Waals surface area (Å²) >= 11 is 1.75. The molecule has 5 heteroatoms. The molecule has 0 aliphatic carbocycles. The van der Waals surface area contributed by atoms with Crippen LogP contribution < -0.4 is 5.32 Å². The minimum absolute atomic E-state index is 0.252. The first kappa shape index (κ1) is 19.1. The molecule has 1 aliphatic rings. The molecule has 5 rings (SSSR count). The Balaban J connectivity index is 1.43. The molecule has 152 valence electrons. The van der Waals surface area contributed by atoms with Crippen molar-refractivity contribution >= 4 is 32.9 Å². The van der Waals surface area contributed by atoms with Gasteiger partial charge in [0.1, 0.15) is 5.75 Å². The summed E-state index contributed by atoms with van der Waals surface area (Å²) in [6.45, 7) is 3.45. The maximum Gasteiger partial charge on any atom is 0.117 e. The Morgan fingerprint density at radius 1 is 0.967 bits per heavy atom. The molecule has 4 nitrogen and oxygen atoms in total. The SMILES string of the molecule is Oc1cccc(Nc2ccnc3cc(-c4cccc(CN5CCCCC5)c4)sc23)c1. The maximum atomic E-state index is 9.75. The van der Waals surface area contributed by atoms with E-state index in [4.69, 9.17) is 0 Å². The highest BCUT2D eigenvalue weighted by atomic mass is 32.1. The number of aromatic nitrogens is 1.